The zero-order valence-corrected chi connectivity index (χ0v) is 12.8. The second kappa shape index (κ2) is 6.52. The van der Waals surface area contributed by atoms with Crippen molar-refractivity contribution >= 4 is 51.7 Å². The van der Waals surface area contributed by atoms with Gasteiger partial charge in [0.1, 0.15) is 16.4 Å². The van der Waals surface area contributed by atoms with Crippen LogP contribution in [0.4, 0.5) is 5.69 Å². The number of aliphatic hydroxyl groups is 1. The quantitative estimate of drug-likeness (QED) is 0.845. The summed E-state index contributed by atoms with van der Waals surface area (Å²) in [6.07, 6.45) is 0. The highest BCUT2D eigenvalue weighted by molar-refractivity contribution is 8.15. The first-order chi connectivity index (χ1) is 9.52. The third-order valence-electron chi connectivity index (χ3n) is 2.46. The van der Waals surface area contributed by atoms with E-state index in [-0.39, 0.29) is 23.7 Å². The van der Waals surface area contributed by atoms with Crippen LogP contribution in [0.25, 0.3) is 0 Å². The maximum Gasteiger partial charge on any atom is 0.344 e. The number of benzene rings is 1. The summed E-state index contributed by atoms with van der Waals surface area (Å²) in [6.45, 7) is 1.93. The molecular weight excluding hydrogens is 321 g/mol. The first-order valence-electron chi connectivity index (χ1n) is 5.79. The minimum absolute atomic E-state index is 0.0303. The van der Waals surface area contributed by atoms with E-state index in [0.29, 0.717) is 20.8 Å². The number of esters is 1. The Morgan fingerprint density at radius 3 is 2.90 bits per heavy atom. The lowest BCUT2D eigenvalue weighted by molar-refractivity contribution is -0.138. The van der Waals surface area contributed by atoms with Crippen LogP contribution in [0.2, 0.25) is 10.0 Å². The average Bonchev–Trinajstić information content (AvgIpc) is 2.74. The van der Waals surface area contributed by atoms with Gasteiger partial charge in [0, 0.05) is 5.02 Å². The molecule has 0 bridgehead atoms. The van der Waals surface area contributed by atoms with Crippen molar-refractivity contribution < 1.29 is 14.6 Å². The normalized spacial score (nSPS) is 16.9. The van der Waals surface area contributed by atoms with Crippen molar-refractivity contribution in [1.29, 1.82) is 0 Å². The first-order valence-corrected chi connectivity index (χ1v) is 7.53. The summed E-state index contributed by atoms with van der Waals surface area (Å²) in [5.41, 5.74) is 0.581. The summed E-state index contributed by atoms with van der Waals surface area (Å²) in [4.78, 5) is 16.1. The van der Waals surface area contributed by atoms with E-state index in [2.05, 4.69) is 4.99 Å². The zero-order valence-electron chi connectivity index (χ0n) is 10.5. The van der Waals surface area contributed by atoms with Gasteiger partial charge in [-0.05, 0) is 25.1 Å². The molecule has 20 heavy (non-hydrogen) atoms. The molecule has 0 amide bonds. The molecule has 0 atom stereocenters. The van der Waals surface area contributed by atoms with E-state index < -0.39 is 5.97 Å². The molecular formula is C13H11Cl2NO3S. The lowest BCUT2D eigenvalue weighted by Gasteiger charge is -2.05. The minimum Gasteiger partial charge on any atom is -0.510 e. The molecule has 106 valence electrons. The van der Waals surface area contributed by atoms with Gasteiger partial charge in [-0.15, -0.1) is 0 Å². The van der Waals surface area contributed by atoms with E-state index in [1.54, 1.807) is 25.1 Å². The maximum atomic E-state index is 11.8. The van der Waals surface area contributed by atoms with Crippen LogP contribution in [0.3, 0.4) is 0 Å². The van der Waals surface area contributed by atoms with Crippen LogP contribution in [0.5, 0.6) is 0 Å². The summed E-state index contributed by atoms with van der Waals surface area (Å²) in [5, 5.41) is 11.0. The molecule has 2 rings (SSSR count). The van der Waals surface area contributed by atoms with E-state index in [4.69, 9.17) is 27.9 Å². The number of hydrogen-bond donors (Lipinski definition) is 1. The van der Waals surface area contributed by atoms with Crippen molar-refractivity contribution in [2.45, 2.75) is 6.92 Å². The van der Waals surface area contributed by atoms with E-state index >= 15 is 0 Å². The monoisotopic (exact) mass is 331 g/mol. The van der Waals surface area contributed by atoms with Crippen molar-refractivity contribution in [2.75, 3.05) is 12.4 Å². The van der Waals surface area contributed by atoms with Gasteiger partial charge >= 0.3 is 5.97 Å². The Bertz CT molecular complexity index is 614. The molecule has 0 saturated heterocycles. The smallest absolute Gasteiger partial charge is 0.344 e. The van der Waals surface area contributed by atoms with Crippen LogP contribution in [0, 0.1) is 0 Å². The van der Waals surface area contributed by atoms with Gasteiger partial charge in [0.15, 0.2) is 0 Å². The number of carbonyl (C=O) groups excluding carboxylic acids is 1. The molecule has 0 aliphatic carbocycles. The molecule has 1 aliphatic rings. The van der Waals surface area contributed by atoms with Crippen molar-refractivity contribution in [1.82, 2.24) is 0 Å². The van der Waals surface area contributed by atoms with Gasteiger partial charge < -0.3 is 9.84 Å². The topological polar surface area (TPSA) is 58.9 Å². The predicted octanol–water partition coefficient (Wildman–Crippen LogP) is 4.15. The number of aliphatic imine (C=N–C) groups is 1. The lowest BCUT2D eigenvalue weighted by Crippen LogP contribution is -2.12. The van der Waals surface area contributed by atoms with Crippen LogP contribution < -0.4 is 0 Å². The summed E-state index contributed by atoms with van der Waals surface area (Å²) in [7, 11) is 0. The molecule has 1 heterocycles. The number of aliphatic hydroxyl groups excluding tert-OH is 1. The Labute approximate surface area is 130 Å². The molecule has 4 nitrogen and oxygen atoms in total. The summed E-state index contributed by atoms with van der Waals surface area (Å²) < 4.78 is 4.91. The predicted molar refractivity (Wildman–Crippen MR) is 82.3 cm³/mol. The molecule has 0 unspecified atom stereocenters. The fraction of sp³-hybridized carbons (Fsp3) is 0.231. The Morgan fingerprint density at radius 2 is 2.25 bits per heavy atom. The van der Waals surface area contributed by atoms with Crippen LogP contribution >= 0.6 is 35.0 Å². The van der Waals surface area contributed by atoms with Crippen LogP contribution in [-0.4, -0.2) is 28.5 Å². The van der Waals surface area contributed by atoms with Gasteiger partial charge in [0.2, 0.25) is 0 Å². The third kappa shape index (κ3) is 3.29. The van der Waals surface area contributed by atoms with Crippen molar-refractivity contribution in [3.63, 3.8) is 0 Å². The summed E-state index contributed by atoms with van der Waals surface area (Å²) in [6, 6.07) is 4.87. The fourth-order valence-electron chi connectivity index (χ4n) is 1.58. The highest BCUT2D eigenvalue weighted by Gasteiger charge is 2.29. The first kappa shape index (κ1) is 15.2. The molecule has 1 aromatic rings. The largest absolute Gasteiger partial charge is 0.510 e. The highest BCUT2D eigenvalue weighted by atomic mass is 35.5. The van der Waals surface area contributed by atoms with E-state index in [1.807, 2.05) is 0 Å². The number of nitrogens with zero attached hydrogens (tertiary/aromatic N) is 1. The SMILES string of the molecule is CCOC(=O)C1=C(O)CSC1=Nc1ccc(Cl)cc1Cl. The molecule has 1 N–H and O–H groups in total. The Kier molecular flexibility index (Phi) is 4.96. The zero-order chi connectivity index (χ0) is 14.7. The molecule has 0 spiro atoms. The minimum atomic E-state index is -0.584. The molecule has 1 aliphatic heterocycles. The maximum absolute atomic E-state index is 11.8. The molecule has 0 radical (unpaired) electrons. The highest BCUT2D eigenvalue weighted by Crippen LogP contribution is 2.33. The second-order valence-electron chi connectivity index (χ2n) is 3.84. The van der Waals surface area contributed by atoms with Crippen LogP contribution in [0.15, 0.2) is 34.5 Å². The van der Waals surface area contributed by atoms with Gasteiger partial charge in [-0.1, -0.05) is 35.0 Å². The number of ether oxygens (including phenoxy) is 1. The van der Waals surface area contributed by atoms with Gasteiger partial charge in [-0.2, -0.15) is 0 Å². The number of hydrogen-bond acceptors (Lipinski definition) is 5. The van der Waals surface area contributed by atoms with Crippen molar-refractivity contribution in [2.24, 2.45) is 4.99 Å². The van der Waals surface area contributed by atoms with Crippen molar-refractivity contribution in [3.05, 3.63) is 39.6 Å². The molecule has 0 aromatic heterocycles. The molecule has 7 heteroatoms. The van der Waals surface area contributed by atoms with Crippen molar-refractivity contribution in [3.8, 4) is 0 Å². The Balaban J connectivity index is 2.36. The van der Waals surface area contributed by atoms with Gasteiger partial charge in [0.05, 0.1) is 23.1 Å². The van der Waals surface area contributed by atoms with E-state index in [1.165, 1.54) is 11.8 Å². The number of thioether (sulfide) groups is 1. The summed E-state index contributed by atoms with van der Waals surface area (Å²) in [5.74, 6) is -0.325. The Hall–Kier alpha value is -1.17. The Morgan fingerprint density at radius 1 is 1.50 bits per heavy atom. The van der Waals surface area contributed by atoms with E-state index in [0.717, 1.165) is 0 Å². The third-order valence-corrected chi connectivity index (χ3v) is 3.98. The lowest BCUT2D eigenvalue weighted by atomic mass is 10.2. The average molecular weight is 332 g/mol. The standard InChI is InChI=1S/C13H11Cl2NO3S/c1-2-19-13(18)11-10(17)6-20-12(11)16-9-4-3-7(14)5-8(9)15/h3-5,17H,2,6H2,1H3. The second-order valence-corrected chi connectivity index (χ2v) is 5.65. The fourth-order valence-corrected chi connectivity index (χ4v) is 2.96. The summed E-state index contributed by atoms with van der Waals surface area (Å²) >= 11 is 13.1. The van der Waals surface area contributed by atoms with Crippen LogP contribution in [0.1, 0.15) is 6.92 Å². The van der Waals surface area contributed by atoms with E-state index in [9.17, 15) is 9.90 Å². The molecule has 0 fully saturated rings. The number of carbonyl (C=O) groups is 1. The van der Waals surface area contributed by atoms with Crippen LogP contribution in [-0.2, 0) is 9.53 Å². The molecule has 0 saturated carbocycles. The molecule has 1 aromatic carbocycles. The number of halogens is 2. The van der Waals surface area contributed by atoms with Gasteiger partial charge in [-0.25, -0.2) is 9.79 Å². The van der Waals surface area contributed by atoms with Gasteiger partial charge in [-0.3, -0.25) is 0 Å². The van der Waals surface area contributed by atoms with Gasteiger partial charge in [0.25, 0.3) is 0 Å². The number of rotatable bonds is 3.